The minimum Gasteiger partial charge on any atom is -0.376 e. The van der Waals surface area contributed by atoms with Gasteiger partial charge in [0.25, 0.3) is 0 Å². The molecular weight excluding hydrogens is 410 g/mol. The Morgan fingerprint density at radius 1 is 1.00 bits per heavy atom. The minimum atomic E-state index is -3.55. The van der Waals surface area contributed by atoms with E-state index in [4.69, 9.17) is 11.6 Å². The van der Waals surface area contributed by atoms with E-state index >= 15 is 0 Å². The summed E-state index contributed by atoms with van der Waals surface area (Å²) in [7, 11) is -3.55. The molecule has 1 aliphatic heterocycles. The van der Waals surface area contributed by atoms with Crippen molar-refractivity contribution in [3.8, 4) is 0 Å². The summed E-state index contributed by atoms with van der Waals surface area (Å²) in [5, 5.41) is 6.53. The highest BCUT2D eigenvalue weighted by molar-refractivity contribution is 7.89. The Morgan fingerprint density at radius 2 is 1.72 bits per heavy atom. The molecule has 0 radical (unpaired) electrons. The first-order valence-electron chi connectivity index (χ1n) is 9.68. The molecule has 0 saturated carbocycles. The maximum Gasteiger partial charge on any atom is 0.243 e. The van der Waals surface area contributed by atoms with Gasteiger partial charge < -0.3 is 10.6 Å². The van der Waals surface area contributed by atoms with Crippen LogP contribution in [0.25, 0.3) is 0 Å². The third-order valence-electron chi connectivity index (χ3n) is 5.06. The van der Waals surface area contributed by atoms with Crippen molar-refractivity contribution in [2.75, 3.05) is 30.3 Å². The van der Waals surface area contributed by atoms with Crippen LogP contribution in [0.2, 0.25) is 5.02 Å². The second-order valence-electron chi connectivity index (χ2n) is 7.30. The number of hydrogen-bond acceptors (Lipinski definition) is 4. The van der Waals surface area contributed by atoms with Gasteiger partial charge in [0.2, 0.25) is 15.9 Å². The highest BCUT2D eigenvalue weighted by Gasteiger charge is 2.26. The number of halogens is 1. The summed E-state index contributed by atoms with van der Waals surface area (Å²) in [6.45, 7) is 4.89. The quantitative estimate of drug-likeness (QED) is 0.713. The fourth-order valence-corrected chi connectivity index (χ4v) is 5.12. The number of rotatable bonds is 6. The SMILES string of the molecule is Cc1cc(Cl)ccc1NCC(=O)Nc1cc(S(=O)(=O)N2CCCCC2)ccc1C. The lowest BCUT2D eigenvalue weighted by atomic mass is 10.2. The molecule has 2 aromatic carbocycles. The number of piperidine rings is 1. The second kappa shape index (κ2) is 9.15. The van der Waals surface area contributed by atoms with Gasteiger partial charge >= 0.3 is 0 Å². The number of sulfonamides is 1. The van der Waals surface area contributed by atoms with Crippen molar-refractivity contribution in [1.82, 2.24) is 4.31 Å². The molecule has 0 atom stereocenters. The zero-order valence-electron chi connectivity index (χ0n) is 16.7. The molecule has 6 nitrogen and oxygen atoms in total. The monoisotopic (exact) mass is 435 g/mol. The number of nitrogens with one attached hydrogen (secondary N) is 2. The Morgan fingerprint density at radius 3 is 2.41 bits per heavy atom. The van der Waals surface area contributed by atoms with Crippen LogP contribution in [0.5, 0.6) is 0 Å². The second-order valence-corrected chi connectivity index (χ2v) is 9.68. The number of carbonyl (C=O) groups excluding carboxylic acids is 1. The van der Waals surface area contributed by atoms with E-state index in [0.29, 0.717) is 23.8 Å². The number of anilines is 2. The maximum absolute atomic E-state index is 12.9. The first-order valence-corrected chi connectivity index (χ1v) is 11.5. The molecule has 1 heterocycles. The summed E-state index contributed by atoms with van der Waals surface area (Å²) < 4.78 is 27.3. The van der Waals surface area contributed by atoms with Crippen LogP contribution < -0.4 is 10.6 Å². The van der Waals surface area contributed by atoms with Crippen LogP contribution in [0.3, 0.4) is 0 Å². The van der Waals surface area contributed by atoms with Crippen LogP contribution in [-0.2, 0) is 14.8 Å². The van der Waals surface area contributed by atoms with E-state index in [1.807, 2.05) is 26.0 Å². The summed E-state index contributed by atoms with van der Waals surface area (Å²) in [6.07, 6.45) is 2.82. The predicted octanol–water partition coefficient (Wildman–Crippen LogP) is 4.18. The van der Waals surface area contributed by atoms with E-state index in [2.05, 4.69) is 10.6 Å². The summed E-state index contributed by atoms with van der Waals surface area (Å²) in [5.41, 5.74) is 3.07. The van der Waals surface area contributed by atoms with Crippen LogP contribution in [0, 0.1) is 13.8 Å². The molecule has 8 heteroatoms. The number of amides is 1. The molecule has 1 amide bonds. The first kappa shape index (κ1) is 21.6. The molecular formula is C21H26ClN3O3S. The largest absolute Gasteiger partial charge is 0.376 e. The zero-order valence-corrected chi connectivity index (χ0v) is 18.2. The Bertz CT molecular complexity index is 1000. The predicted molar refractivity (Wildman–Crippen MR) is 117 cm³/mol. The smallest absolute Gasteiger partial charge is 0.243 e. The molecule has 1 fully saturated rings. The van der Waals surface area contributed by atoms with E-state index < -0.39 is 10.0 Å². The van der Waals surface area contributed by atoms with Crippen molar-refractivity contribution in [3.05, 3.63) is 52.5 Å². The standard InChI is InChI=1S/C21H26ClN3O3S/c1-15-6-8-18(29(27,28)25-10-4-3-5-11-25)13-20(15)24-21(26)14-23-19-9-7-17(22)12-16(19)2/h6-9,12-13,23H,3-5,10-11,14H2,1-2H3,(H,24,26). The van der Waals surface area contributed by atoms with Crippen LogP contribution >= 0.6 is 11.6 Å². The molecule has 1 aliphatic rings. The third kappa shape index (κ3) is 5.29. The van der Waals surface area contributed by atoms with Crippen molar-refractivity contribution in [2.24, 2.45) is 0 Å². The Labute approximate surface area is 177 Å². The van der Waals surface area contributed by atoms with E-state index in [-0.39, 0.29) is 17.3 Å². The molecule has 2 aromatic rings. The molecule has 156 valence electrons. The molecule has 0 spiro atoms. The van der Waals surface area contributed by atoms with Gasteiger partial charge in [-0.15, -0.1) is 0 Å². The lowest BCUT2D eigenvalue weighted by Crippen LogP contribution is -2.35. The van der Waals surface area contributed by atoms with Crippen LogP contribution in [0.1, 0.15) is 30.4 Å². The van der Waals surface area contributed by atoms with Gasteiger partial charge in [0.1, 0.15) is 0 Å². The molecule has 2 N–H and O–H groups in total. The molecule has 0 bridgehead atoms. The number of benzene rings is 2. The van der Waals surface area contributed by atoms with Gasteiger partial charge in [0.15, 0.2) is 0 Å². The highest BCUT2D eigenvalue weighted by atomic mass is 35.5. The van der Waals surface area contributed by atoms with Gasteiger partial charge in [0.05, 0.1) is 11.4 Å². The van der Waals surface area contributed by atoms with E-state index in [0.717, 1.165) is 36.1 Å². The van der Waals surface area contributed by atoms with Crippen LogP contribution in [0.15, 0.2) is 41.3 Å². The lowest BCUT2D eigenvalue weighted by molar-refractivity contribution is -0.114. The zero-order chi connectivity index (χ0) is 21.0. The van der Waals surface area contributed by atoms with Crippen molar-refractivity contribution >= 4 is 38.9 Å². The van der Waals surface area contributed by atoms with Gasteiger partial charge in [0, 0.05) is 29.5 Å². The third-order valence-corrected chi connectivity index (χ3v) is 7.19. The number of nitrogens with zero attached hydrogens (tertiary/aromatic N) is 1. The van der Waals surface area contributed by atoms with E-state index in [1.165, 1.54) is 4.31 Å². The average Bonchev–Trinajstić information content (AvgIpc) is 2.69. The molecule has 0 unspecified atom stereocenters. The van der Waals surface area contributed by atoms with Gasteiger partial charge in [-0.25, -0.2) is 8.42 Å². The van der Waals surface area contributed by atoms with Crippen molar-refractivity contribution in [2.45, 2.75) is 38.0 Å². The van der Waals surface area contributed by atoms with Crippen molar-refractivity contribution in [1.29, 1.82) is 0 Å². The molecule has 0 aliphatic carbocycles. The van der Waals surface area contributed by atoms with Crippen molar-refractivity contribution < 1.29 is 13.2 Å². The lowest BCUT2D eigenvalue weighted by Gasteiger charge is -2.26. The van der Waals surface area contributed by atoms with E-state index in [1.54, 1.807) is 24.3 Å². The summed E-state index contributed by atoms with van der Waals surface area (Å²) in [5.74, 6) is -0.255. The fourth-order valence-electron chi connectivity index (χ4n) is 3.35. The molecule has 1 saturated heterocycles. The minimum absolute atomic E-state index is 0.0605. The highest BCUT2D eigenvalue weighted by Crippen LogP contribution is 2.25. The van der Waals surface area contributed by atoms with Gasteiger partial charge in [-0.3, -0.25) is 4.79 Å². The number of aryl methyl sites for hydroxylation is 2. The van der Waals surface area contributed by atoms with Gasteiger partial charge in [-0.05, 0) is 68.1 Å². The average molecular weight is 436 g/mol. The summed E-state index contributed by atoms with van der Waals surface area (Å²) in [6, 6.07) is 10.3. The number of hydrogen-bond donors (Lipinski definition) is 2. The van der Waals surface area contributed by atoms with Crippen molar-refractivity contribution in [3.63, 3.8) is 0 Å². The van der Waals surface area contributed by atoms with Crippen LogP contribution in [0.4, 0.5) is 11.4 Å². The Kier molecular flexibility index (Phi) is 6.82. The van der Waals surface area contributed by atoms with Crippen LogP contribution in [-0.4, -0.2) is 38.3 Å². The molecule has 29 heavy (non-hydrogen) atoms. The summed E-state index contributed by atoms with van der Waals surface area (Å²) in [4.78, 5) is 12.6. The molecule has 3 rings (SSSR count). The number of carbonyl (C=O) groups is 1. The van der Waals surface area contributed by atoms with E-state index in [9.17, 15) is 13.2 Å². The van der Waals surface area contributed by atoms with Gasteiger partial charge in [-0.2, -0.15) is 4.31 Å². The normalized spacial score (nSPS) is 15.1. The van der Waals surface area contributed by atoms with Gasteiger partial charge in [-0.1, -0.05) is 24.1 Å². The Balaban J connectivity index is 1.70. The summed E-state index contributed by atoms with van der Waals surface area (Å²) >= 11 is 5.95. The first-order chi connectivity index (χ1) is 13.8. The topological polar surface area (TPSA) is 78.5 Å². The molecule has 0 aromatic heterocycles. The Hall–Kier alpha value is -2.09. The maximum atomic E-state index is 12.9. The fraction of sp³-hybridized carbons (Fsp3) is 0.381.